The van der Waals surface area contributed by atoms with Gasteiger partial charge in [-0.2, -0.15) is 0 Å². The number of thiazole rings is 1. The average Bonchev–Trinajstić information content (AvgIpc) is 3.08. The number of hydrogen-bond donors (Lipinski definition) is 1. The third kappa shape index (κ3) is 6.01. The van der Waals surface area contributed by atoms with Crippen molar-refractivity contribution < 1.29 is 13.9 Å². The highest BCUT2D eigenvalue weighted by Crippen LogP contribution is 2.28. The second-order valence-corrected chi connectivity index (χ2v) is 9.33. The molecule has 0 radical (unpaired) electrons. The van der Waals surface area contributed by atoms with E-state index in [-0.39, 0.29) is 11.9 Å². The van der Waals surface area contributed by atoms with E-state index in [1.165, 1.54) is 6.07 Å². The minimum atomic E-state index is -0.469. The maximum absolute atomic E-state index is 13.9. The van der Waals surface area contributed by atoms with Gasteiger partial charge in [-0.1, -0.05) is 12.1 Å². The Morgan fingerprint density at radius 1 is 1.32 bits per heavy atom. The number of hydrogen-bond acceptors (Lipinski definition) is 5. The number of halogens is 1. The summed E-state index contributed by atoms with van der Waals surface area (Å²) >= 11 is 1.55. The molecule has 7 heteroatoms. The van der Waals surface area contributed by atoms with Crippen molar-refractivity contribution in [2.45, 2.75) is 45.8 Å². The van der Waals surface area contributed by atoms with E-state index in [9.17, 15) is 9.18 Å². The van der Waals surface area contributed by atoms with Gasteiger partial charge >= 0.3 is 6.09 Å². The molecule has 1 fully saturated rings. The summed E-state index contributed by atoms with van der Waals surface area (Å²) in [5, 5.41) is 3.60. The Morgan fingerprint density at radius 3 is 2.71 bits per heavy atom. The Hall–Kier alpha value is -1.99. The second-order valence-electron chi connectivity index (χ2n) is 8.21. The predicted octanol–water partition coefficient (Wildman–Crippen LogP) is 4.69. The van der Waals surface area contributed by atoms with Crippen molar-refractivity contribution in [1.29, 1.82) is 0 Å². The predicted molar refractivity (Wildman–Crippen MR) is 110 cm³/mol. The van der Waals surface area contributed by atoms with Crippen molar-refractivity contribution >= 4 is 17.4 Å². The first-order valence-electron chi connectivity index (χ1n) is 9.69. The fraction of sp³-hybridized carbons (Fsp3) is 0.524. The van der Waals surface area contributed by atoms with E-state index in [0.717, 1.165) is 42.4 Å². The molecule has 1 aliphatic heterocycles. The van der Waals surface area contributed by atoms with Gasteiger partial charge in [-0.05, 0) is 64.8 Å². The fourth-order valence-corrected chi connectivity index (χ4v) is 4.23. The zero-order valence-electron chi connectivity index (χ0n) is 16.7. The summed E-state index contributed by atoms with van der Waals surface area (Å²) in [4.78, 5) is 19.7. The number of ether oxygens (including phenoxy) is 1. The van der Waals surface area contributed by atoms with Crippen LogP contribution >= 0.6 is 11.3 Å². The highest BCUT2D eigenvalue weighted by atomic mass is 32.1. The van der Waals surface area contributed by atoms with Gasteiger partial charge in [0.1, 0.15) is 16.4 Å². The average molecular weight is 406 g/mol. The van der Waals surface area contributed by atoms with E-state index in [4.69, 9.17) is 4.74 Å². The van der Waals surface area contributed by atoms with Crippen LogP contribution in [0.2, 0.25) is 0 Å². The SMILES string of the molecule is CC(C)(C)OC(=O)NCC1CCN(Cc2cnc(-c3ccccc3F)s2)CC1. The number of nitrogens with one attached hydrogen (secondary N) is 1. The molecule has 28 heavy (non-hydrogen) atoms. The van der Waals surface area contributed by atoms with Crippen LogP contribution in [0.25, 0.3) is 10.6 Å². The zero-order chi connectivity index (χ0) is 20.1. The van der Waals surface area contributed by atoms with Gasteiger partial charge in [0, 0.05) is 29.7 Å². The third-order valence-electron chi connectivity index (χ3n) is 4.68. The lowest BCUT2D eigenvalue weighted by Gasteiger charge is -2.31. The Morgan fingerprint density at radius 2 is 2.04 bits per heavy atom. The van der Waals surface area contributed by atoms with Crippen molar-refractivity contribution in [1.82, 2.24) is 15.2 Å². The number of carbonyl (C=O) groups excluding carboxylic acids is 1. The molecule has 0 bridgehead atoms. The summed E-state index contributed by atoms with van der Waals surface area (Å²) in [6, 6.07) is 6.75. The monoisotopic (exact) mass is 405 g/mol. The van der Waals surface area contributed by atoms with E-state index in [0.29, 0.717) is 18.0 Å². The molecule has 0 spiro atoms. The summed E-state index contributed by atoms with van der Waals surface area (Å²) in [5.41, 5.74) is 0.0923. The van der Waals surface area contributed by atoms with Crippen LogP contribution in [0.5, 0.6) is 0 Å². The summed E-state index contributed by atoms with van der Waals surface area (Å²) in [5.74, 6) is 0.237. The van der Waals surface area contributed by atoms with E-state index in [1.54, 1.807) is 23.5 Å². The zero-order valence-corrected chi connectivity index (χ0v) is 17.5. The van der Waals surface area contributed by atoms with Crippen LogP contribution in [-0.4, -0.2) is 41.2 Å². The lowest BCUT2D eigenvalue weighted by molar-refractivity contribution is 0.0509. The number of carbonyl (C=O) groups is 1. The molecule has 1 amide bonds. The van der Waals surface area contributed by atoms with Crippen LogP contribution in [0.4, 0.5) is 9.18 Å². The van der Waals surface area contributed by atoms with Gasteiger partial charge in [0.2, 0.25) is 0 Å². The summed E-state index contributed by atoms with van der Waals surface area (Å²) in [6.45, 7) is 9.03. The van der Waals surface area contributed by atoms with Crippen molar-refractivity contribution in [2.75, 3.05) is 19.6 Å². The molecule has 1 aliphatic rings. The van der Waals surface area contributed by atoms with E-state index in [1.807, 2.05) is 33.0 Å². The highest BCUT2D eigenvalue weighted by molar-refractivity contribution is 7.15. The number of amides is 1. The molecular formula is C21H28FN3O2S. The van der Waals surface area contributed by atoms with Crippen LogP contribution < -0.4 is 5.32 Å². The molecule has 0 unspecified atom stereocenters. The van der Waals surface area contributed by atoms with Gasteiger partial charge in [-0.25, -0.2) is 14.2 Å². The Labute approximate surface area is 169 Å². The third-order valence-corrected chi connectivity index (χ3v) is 5.69. The molecule has 3 rings (SSSR count). The first-order valence-corrected chi connectivity index (χ1v) is 10.5. The smallest absolute Gasteiger partial charge is 0.407 e. The van der Waals surface area contributed by atoms with Gasteiger partial charge in [0.15, 0.2) is 0 Å². The van der Waals surface area contributed by atoms with Crippen LogP contribution in [-0.2, 0) is 11.3 Å². The van der Waals surface area contributed by atoms with E-state index in [2.05, 4.69) is 15.2 Å². The number of rotatable bonds is 5. The molecule has 152 valence electrons. The molecule has 0 atom stereocenters. The summed E-state index contributed by atoms with van der Waals surface area (Å²) in [6.07, 6.45) is 3.58. The molecule has 0 saturated carbocycles. The summed E-state index contributed by atoms with van der Waals surface area (Å²) in [7, 11) is 0. The van der Waals surface area contributed by atoms with Crippen LogP contribution in [0, 0.1) is 11.7 Å². The molecule has 1 aromatic heterocycles. The van der Waals surface area contributed by atoms with E-state index >= 15 is 0 Å². The van der Waals surface area contributed by atoms with Gasteiger partial charge < -0.3 is 10.1 Å². The van der Waals surface area contributed by atoms with Crippen molar-refractivity contribution in [2.24, 2.45) is 5.92 Å². The summed E-state index contributed by atoms with van der Waals surface area (Å²) < 4.78 is 19.2. The second kappa shape index (κ2) is 9.01. The number of likely N-dealkylation sites (tertiary alicyclic amines) is 1. The molecule has 1 aromatic carbocycles. The molecule has 1 saturated heterocycles. The van der Waals surface area contributed by atoms with Crippen molar-refractivity contribution in [3.63, 3.8) is 0 Å². The van der Waals surface area contributed by atoms with E-state index < -0.39 is 5.60 Å². The molecule has 5 nitrogen and oxygen atoms in total. The molecular weight excluding hydrogens is 377 g/mol. The first-order chi connectivity index (χ1) is 13.3. The van der Waals surface area contributed by atoms with Gasteiger partial charge in [0.25, 0.3) is 0 Å². The normalized spacial score (nSPS) is 16.1. The Balaban J connectivity index is 1.44. The van der Waals surface area contributed by atoms with Crippen molar-refractivity contribution in [3.05, 3.63) is 41.2 Å². The first kappa shape index (κ1) is 20.7. The number of nitrogens with zero attached hydrogens (tertiary/aromatic N) is 2. The van der Waals surface area contributed by atoms with Gasteiger partial charge in [-0.3, -0.25) is 4.90 Å². The van der Waals surface area contributed by atoms with Crippen LogP contribution in [0.15, 0.2) is 30.5 Å². The maximum atomic E-state index is 13.9. The lowest BCUT2D eigenvalue weighted by atomic mass is 9.97. The minimum Gasteiger partial charge on any atom is -0.444 e. The number of alkyl carbamates (subject to hydrolysis) is 1. The lowest BCUT2D eigenvalue weighted by Crippen LogP contribution is -2.39. The van der Waals surface area contributed by atoms with Gasteiger partial charge in [-0.15, -0.1) is 11.3 Å². The highest BCUT2D eigenvalue weighted by Gasteiger charge is 2.22. The quantitative estimate of drug-likeness (QED) is 0.784. The number of benzene rings is 1. The topological polar surface area (TPSA) is 54.5 Å². The standard InChI is InChI=1S/C21H28FN3O2S/c1-21(2,3)27-20(26)24-12-15-8-10-25(11-9-15)14-16-13-23-19(28-16)17-6-4-5-7-18(17)22/h4-7,13,15H,8-12,14H2,1-3H3,(H,24,26). The Bertz CT molecular complexity index is 795. The van der Waals surface area contributed by atoms with Gasteiger partial charge in [0.05, 0.1) is 0 Å². The van der Waals surface area contributed by atoms with Crippen LogP contribution in [0.1, 0.15) is 38.5 Å². The largest absolute Gasteiger partial charge is 0.444 e. The minimum absolute atomic E-state index is 0.235. The molecule has 2 aromatic rings. The van der Waals surface area contributed by atoms with Crippen LogP contribution in [0.3, 0.4) is 0 Å². The maximum Gasteiger partial charge on any atom is 0.407 e. The Kier molecular flexibility index (Phi) is 6.67. The fourth-order valence-electron chi connectivity index (χ4n) is 3.25. The molecule has 0 aliphatic carbocycles. The molecule has 2 heterocycles. The number of aromatic nitrogens is 1. The van der Waals surface area contributed by atoms with Crippen molar-refractivity contribution in [3.8, 4) is 10.6 Å². The number of piperidine rings is 1. The molecule has 1 N–H and O–H groups in total.